The molecule has 27 heavy (non-hydrogen) atoms. The van der Waals surface area contributed by atoms with Crippen molar-refractivity contribution in [1.29, 1.82) is 0 Å². The van der Waals surface area contributed by atoms with E-state index in [4.69, 9.17) is 9.47 Å². The largest absolute Gasteiger partial charge is 0.494 e. The molecule has 3 rings (SSSR count). The van der Waals surface area contributed by atoms with Crippen LogP contribution in [0, 0.1) is 5.82 Å². The number of carbonyl (C=O) groups excluding carboxylic acids is 1. The lowest BCUT2D eigenvalue weighted by Gasteiger charge is -2.27. The number of hydrogen-bond acceptors (Lipinski definition) is 5. The van der Waals surface area contributed by atoms with Crippen molar-refractivity contribution in [3.05, 3.63) is 53.8 Å². The van der Waals surface area contributed by atoms with Crippen molar-refractivity contribution in [2.75, 3.05) is 38.1 Å². The number of nitrogens with one attached hydrogen (secondary N) is 1. The highest BCUT2D eigenvalue weighted by molar-refractivity contribution is 7.92. The lowest BCUT2D eigenvalue weighted by molar-refractivity contribution is 0.0303. The van der Waals surface area contributed by atoms with Crippen molar-refractivity contribution < 1.29 is 27.1 Å². The van der Waals surface area contributed by atoms with Crippen molar-refractivity contribution in [1.82, 2.24) is 4.90 Å². The molecule has 144 valence electrons. The molecule has 0 atom stereocenters. The van der Waals surface area contributed by atoms with Crippen molar-refractivity contribution in [3.63, 3.8) is 0 Å². The van der Waals surface area contributed by atoms with E-state index in [2.05, 4.69) is 4.72 Å². The summed E-state index contributed by atoms with van der Waals surface area (Å²) >= 11 is 0. The summed E-state index contributed by atoms with van der Waals surface area (Å²) in [5.74, 6) is -1.14. The Bertz CT molecular complexity index is 943. The standard InChI is InChI=1S/C18H19FN2O5S/c1-25-17-12-13(6-7-15(17)19)27(23,24)20-16-5-3-2-4-14(16)18(22)21-8-10-26-11-9-21/h2-7,12,20H,8-11H2,1H3. The topological polar surface area (TPSA) is 84.9 Å². The van der Waals surface area contributed by atoms with Gasteiger partial charge < -0.3 is 14.4 Å². The van der Waals surface area contributed by atoms with Gasteiger partial charge in [0, 0.05) is 19.2 Å². The molecule has 2 aromatic carbocycles. The molecule has 0 radical (unpaired) electrons. The zero-order chi connectivity index (χ0) is 19.4. The van der Waals surface area contributed by atoms with Gasteiger partial charge in [0.1, 0.15) is 0 Å². The van der Waals surface area contributed by atoms with E-state index in [9.17, 15) is 17.6 Å². The summed E-state index contributed by atoms with van der Waals surface area (Å²) in [6.45, 7) is 1.76. The Hall–Kier alpha value is -2.65. The zero-order valence-corrected chi connectivity index (χ0v) is 15.5. The predicted octanol–water partition coefficient (Wildman–Crippen LogP) is 2.11. The molecular formula is C18H19FN2O5S. The molecule has 2 aromatic rings. The Morgan fingerprint density at radius 2 is 1.89 bits per heavy atom. The monoisotopic (exact) mass is 394 g/mol. The fraction of sp³-hybridized carbons (Fsp3) is 0.278. The number of para-hydroxylation sites is 1. The van der Waals surface area contributed by atoms with E-state index < -0.39 is 15.8 Å². The maximum atomic E-state index is 13.6. The molecule has 0 bridgehead atoms. The Morgan fingerprint density at radius 1 is 1.19 bits per heavy atom. The van der Waals surface area contributed by atoms with Crippen molar-refractivity contribution >= 4 is 21.6 Å². The number of sulfonamides is 1. The van der Waals surface area contributed by atoms with E-state index in [0.717, 1.165) is 18.2 Å². The second-order valence-corrected chi connectivity index (χ2v) is 7.53. The van der Waals surface area contributed by atoms with Crippen LogP contribution in [0.2, 0.25) is 0 Å². The van der Waals surface area contributed by atoms with Gasteiger partial charge in [-0.2, -0.15) is 0 Å². The molecule has 1 N–H and O–H groups in total. The first kappa shape index (κ1) is 19.1. The van der Waals surface area contributed by atoms with Crippen molar-refractivity contribution in [3.8, 4) is 5.75 Å². The summed E-state index contributed by atoms with van der Waals surface area (Å²) in [6.07, 6.45) is 0. The quantitative estimate of drug-likeness (QED) is 0.840. The highest BCUT2D eigenvalue weighted by Crippen LogP contribution is 2.25. The van der Waals surface area contributed by atoms with E-state index in [1.54, 1.807) is 23.1 Å². The minimum absolute atomic E-state index is 0.150. The summed E-state index contributed by atoms with van der Waals surface area (Å²) < 4.78 is 51.4. The minimum Gasteiger partial charge on any atom is -0.494 e. The van der Waals surface area contributed by atoms with Gasteiger partial charge >= 0.3 is 0 Å². The van der Waals surface area contributed by atoms with Crippen LogP contribution < -0.4 is 9.46 Å². The maximum absolute atomic E-state index is 13.6. The van der Waals surface area contributed by atoms with Crippen molar-refractivity contribution in [2.24, 2.45) is 0 Å². The number of amides is 1. The number of nitrogens with zero attached hydrogens (tertiary/aromatic N) is 1. The molecule has 0 spiro atoms. The lowest BCUT2D eigenvalue weighted by Crippen LogP contribution is -2.41. The van der Waals surface area contributed by atoms with Gasteiger partial charge in [-0.25, -0.2) is 12.8 Å². The Morgan fingerprint density at radius 3 is 2.59 bits per heavy atom. The molecule has 1 amide bonds. The third kappa shape index (κ3) is 4.20. The van der Waals surface area contributed by atoms with Gasteiger partial charge in [-0.1, -0.05) is 12.1 Å². The number of halogens is 1. The molecule has 1 heterocycles. The number of methoxy groups -OCH3 is 1. The first-order chi connectivity index (χ1) is 12.9. The average molecular weight is 394 g/mol. The minimum atomic E-state index is -4.04. The Labute approximate surface area is 156 Å². The van der Waals surface area contributed by atoms with Gasteiger partial charge in [0.25, 0.3) is 15.9 Å². The van der Waals surface area contributed by atoms with Crippen LogP contribution in [0.4, 0.5) is 10.1 Å². The number of anilines is 1. The number of benzene rings is 2. The number of ether oxygens (including phenoxy) is 2. The van der Waals surface area contributed by atoms with Crippen LogP contribution in [0.25, 0.3) is 0 Å². The first-order valence-corrected chi connectivity index (χ1v) is 9.73. The van der Waals surface area contributed by atoms with Crippen LogP contribution in [0.5, 0.6) is 5.75 Å². The van der Waals surface area contributed by atoms with Crippen LogP contribution in [0.3, 0.4) is 0 Å². The molecule has 0 aromatic heterocycles. The van der Waals surface area contributed by atoms with Gasteiger partial charge in [-0.3, -0.25) is 9.52 Å². The van der Waals surface area contributed by atoms with Gasteiger partial charge in [0.2, 0.25) is 0 Å². The summed E-state index contributed by atoms with van der Waals surface area (Å²) in [5, 5.41) is 0. The molecule has 0 unspecified atom stereocenters. The predicted molar refractivity (Wildman–Crippen MR) is 96.9 cm³/mol. The van der Waals surface area contributed by atoms with E-state index >= 15 is 0 Å². The van der Waals surface area contributed by atoms with Gasteiger partial charge in [-0.15, -0.1) is 0 Å². The SMILES string of the molecule is COc1cc(S(=O)(=O)Nc2ccccc2C(=O)N2CCOCC2)ccc1F. The molecule has 1 fully saturated rings. The van der Waals surface area contributed by atoms with Gasteiger partial charge in [-0.05, 0) is 24.3 Å². The lowest BCUT2D eigenvalue weighted by atomic mass is 10.1. The maximum Gasteiger partial charge on any atom is 0.262 e. The van der Waals surface area contributed by atoms with E-state index in [-0.39, 0.29) is 27.8 Å². The summed E-state index contributed by atoms with van der Waals surface area (Å²) in [5.41, 5.74) is 0.384. The summed E-state index contributed by atoms with van der Waals surface area (Å²) in [7, 11) is -2.79. The summed E-state index contributed by atoms with van der Waals surface area (Å²) in [6, 6.07) is 9.58. The molecule has 0 saturated carbocycles. The van der Waals surface area contributed by atoms with Crippen LogP contribution in [-0.4, -0.2) is 52.6 Å². The molecule has 1 aliphatic heterocycles. The highest BCUT2D eigenvalue weighted by atomic mass is 32.2. The van der Waals surface area contributed by atoms with Gasteiger partial charge in [0.05, 0.1) is 36.5 Å². The van der Waals surface area contributed by atoms with E-state index in [1.807, 2.05) is 0 Å². The third-order valence-electron chi connectivity index (χ3n) is 4.13. The third-order valence-corrected chi connectivity index (χ3v) is 5.50. The number of rotatable bonds is 5. The molecule has 1 saturated heterocycles. The van der Waals surface area contributed by atoms with Crippen LogP contribution in [0.1, 0.15) is 10.4 Å². The molecule has 7 nitrogen and oxygen atoms in total. The number of morpholine rings is 1. The molecular weight excluding hydrogens is 375 g/mol. The van der Waals surface area contributed by atoms with E-state index in [0.29, 0.717) is 26.3 Å². The number of carbonyl (C=O) groups is 1. The molecule has 0 aliphatic carbocycles. The average Bonchev–Trinajstić information content (AvgIpc) is 2.68. The smallest absolute Gasteiger partial charge is 0.262 e. The summed E-state index contributed by atoms with van der Waals surface area (Å²) in [4.78, 5) is 14.2. The van der Waals surface area contributed by atoms with Gasteiger partial charge in [0.15, 0.2) is 11.6 Å². The van der Waals surface area contributed by atoms with Crippen LogP contribution in [-0.2, 0) is 14.8 Å². The highest BCUT2D eigenvalue weighted by Gasteiger charge is 2.24. The molecule has 1 aliphatic rings. The first-order valence-electron chi connectivity index (χ1n) is 8.25. The fourth-order valence-electron chi connectivity index (χ4n) is 2.71. The Balaban J connectivity index is 1.90. The van der Waals surface area contributed by atoms with Crippen LogP contribution in [0.15, 0.2) is 47.4 Å². The zero-order valence-electron chi connectivity index (χ0n) is 14.6. The second-order valence-electron chi connectivity index (χ2n) is 5.85. The Kier molecular flexibility index (Phi) is 5.62. The normalized spacial score (nSPS) is 14.7. The fourth-order valence-corrected chi connectivity index (χ4v) is 3.80. The number of hydrogen-bond donors (Lipinski definition) is 1. The molecule has 9 heteroatoms. The second kappa shape index (κ2) is 7.93. The van der Waals surface area contributed by atoms with E-state index in [1.165, 1.54) is 13.2 Å². The van der Waals surface area contributed by atoms with Crippen LogP contribution >= 0.6 is 0 Å². The van der Waals surface area contributed by atoms with Crippen molar-refractivity contribution in [2.45, 2.75) is 4.90 Å².